The molecule has 1 aromatic carbocycles. The summed E-state index contributed by atoms with van der Waals surface area (Å²) in [4.78, 5) is 12.1. The van der Waals surface area contributed by atoms with Crippen LogP contribution in [-0.4, -0.2) is 22.6 Å². The molecule has 0 spiro atoms. The van der Waals surface area contributed by atoms with Gasteiger partial charge in [0.25, 0.3) is 0 Å². The molecule has 1 fully saturated rings. The van der Waals surface area contributed by atoms with Crippen molar-refractivity contribution in [3.63, 3.8) is 0 Å². The lowest BCUT2D eigenvalue weighted by Crippen LogP contribution is -2.40. The van der Waals surface area contributed by atoms with E-state index in [-0.39, 0.29) is 17.5 Å². The third-order valence-electron chi connectivity index (χ3n) is 4.89. The highest BCUT2D eigenvalue weighted by atomic mass is 16.3. The molecule has 3 N–H and O–H groups in total. The van der Waals surface area contributed by atoms with E-state index in [4.69, 9.17) is 0 Å². The standard InChI is InChI=1S/C17H24N2O2/c1-16(2)9-8-12(19-16)14(20)10-6-5-7-11-13(10)17(3,4)15(21)18-11/h5-7,12,14,19-20H,8-9H2,1-4H3,(H,18,21)/t12-,14+/m0/s1. The van der Waals surface area contributed by atoms with Gasteiger partial charge in [-0.05, 0) is 57.7 Å². The van der Waals surface area contributed by atoms with Gasteiger partial charge in [0.15, 0.2) is 0 Å². The zero-order valence-corrected chi connectivity index (χ0v) is 13.2. The summed E-state index contributed by atoms with van der Waals surface area (Å²) >= 11 is 0. The summed E-state index contributed by atoms with van der Waals surface area (Å²) in [5, 5.41) is 17.3. The van der Waals surface area contributed by atoms with Crippen molar-refractivity contribution in [1.82, 2.24) is 5.32 Å². The second-order valence-electron chi connectivity index (χ2n) is 7.47. The van der Waals surface area contributed by atoms with Crippen molar-refractivity contribution in [3.05, 3.63) is 29.3 Å². The number of carbonyl (C=O) groups is 1. The van der Waals surface area contributed by atoms with Crippen LogP contribution in [0.2, 0.25) is 0 Å². The van der Waals surface area contributed by atoms with Crippen LogP contribution in [-0.2, 0) is 10.2 Å². The van der Waals surface area contributed by atoms with E-state index in [2.05, 4.69) is 24.5 Å². The van der Waals surface area contributed by atoms with Crippen LogP contribution in [0, 0.1) is 0 Å². The van der Waals surface area contributed by atoms with Gasteiger partial charge in [0.2, 0.25) is 5.91 Å². The lowest BCUT2D eigenvalue weighted by Gasteiger charge is -2.27. The number of carbonyl (C=O) groups excluding carboxylic acids is 1. The quantitative estimate of drug-likeness (QED) is 0.783. The first-order chi connectivity index (χ1) is 9.72. The number of rotatable bonds is 2. The van der Waals surface area contributed by atoms with Gasteiger partial charge in [-0.3, -0.25) is 4.79 Å². The van der Waals surface area contributed by atoms with E-state index in [1.165, 1.54) is 0 Å². The van der Waals surface area contributed by atoms with Gasteiger partial charge in [-0.15, -0.1) is 0 Å². The molecule has 0 bridgehead atoms. The van der Waals surface area contributed by atoms with E-state index >= 15 is 0 Å². The molecule has 4 nitrogen and oxygen atoms in total. The predicted octanol–water partition coefficient (Wildman–Crippen LogP) is 2.48. The SMILES string of the molecule is CC1(C)CC[C@@H]([C@H](O)c2cccc3c2C(C)(C)C(=O)N3)N1. The van der Waals surface area contributed by atoms with Gasteiger partial charge < -0.3 is 15.7 Å². The second kappa shape index (κ2) is 4.55. The average molecular weight is 288 g/mol. The van der Waals surface area contributed by atoms with E-state index in [0.717, 1.165) is 29.7 Å². The Balaban J connectivity index is 1.98. The van der Waals surface area contributed by atoms with Crippen LogP contribution in [0.1, 0.15) is 57.8 Å². The Bertz CT molecular complexity index is 592. The fourth-order valence-electron chi connectivity index (χ4n) is 3.63. The van der Waals surface area contributed by atoms with Gasteiger partial charge in [-0.25, -0.2) is 0 Å². The summed E-state index contributed by atoms with van der Waals surface area (Å²) < 4.78 is 0. The van der Waals surface area contributed by atoms with Crippen LogP contribution in [0.5, 0.6) is 0 Å². The van der Waals surface area contributed by atoms with Crippen molar-refractivity contribution < 1.29 is 9.90 Å². The Morgan fingerprint density at radius 2 is 2.00 bits per heavy atom. The number of anilines is 1. The minimum Gasteiger partial charge on any atom is -0.387 e. The fourth-order valence-corrected chi connectivity index (χ4v) is 3.63. The number of hydrogen-bond donors (Lipinski definition) is 3. The Labute approximate surface area is 125 Å². The highest BCUT2D eigenvalue weighted by Crippen LogP contribution is 2.43. The summed E-state index contributed by atoms with van der Waals surface area (Å²) in [7, 11) is 0. The van der Waals surface area contributed by atoms with E-state index < -0.39 is 11.5 Å². The molecule has 2 atom stereocenters. The topological polar surface area (TPSA) is 61.4 Å². The average Bonchev–Trinajstić information content (AvgIpc) is 2.87. The summed E-state index contributed by atoms with van der Waals surface area (Å²) in [5.41, 5.74) is 2.10. The Morgan fingerprint density at radius 3 is 2.62 bits per heavy atom. The molecular weight excluding hydrogens is 264 g/mol. The Morgan fingerprint density at radius 1 is 1.29 bits per heavy atom. The zero-order chi connectivity index (χ0) is 15.4. The van der Waals surface area contributed by atoms with Gasteiger partial charge in [0, 0.05) is 17.3 Å². The molecular formula is C17H24N2O2. The van der Waals surface area contributed by atoms with E-state index in [1.54, 1.807) is 0 Å². The van der Waals surface area contributed by atoms with Gasteiger partial charge in [0.05, 0.1) is 11.5 Å². The number of fused-ring (bicyclic) bond motifs is 1. The van der Waals surface area contributed by atoms with Crippen LogP contribution in [0.15, 0.2) is 18.2 Å². The Hall–Kier alpha value is -1.39. The fraction of sp³-hybridized carbons (Fsp3) is 0.588. The van der Waals surface area contributed by atoms with Gasteiger partial charge >= 0.3 is 0 Å². The normalized spacial score (nSPS) is 27.3. The maximum absolute atomic E-state index is 12.1. The monoisotopic (exact) mass is 288 g/mol. The summed E-state index contributed by atoms with van der Waals surface area (Å²) in [6.07, 6.45) is 1.40. The molecule has 3 rings (SSSR count). The first-order valence-corrected chi connectivity index (χ1v) is 7.63. The van der Waals surface area contributed by atoms with Crippen molar-refractivity contribution >= 4 is 11.6 Å². The number of aliphatic hydroxyl groups is 1. The number of hydrogen-bond acceptors (Lipinski definition) is 3. The molecule has 0 aromatic heterocycles. The molecule has 1 saturated heterocycles. The molecule has 0 aliphatic carbocycles. The van der Waals surface area contributed by atoms with Crippen molar-refractivity contribution in [2.24, 2.45) is 0 Å². The van der Waals surface area contributed by atoms with Crippen molar-refractivity contribution in [2.75, 3.05) is 5.32 Å². The molecule has 2 aliphatic heterocycles. The summed E-state index contributed by atoms with van der Waals surface area (Å²) in [5.74, 6) is -0.00291. The molecule has 2 aliphatic rings. The smallest absolute Gasteiger partial charge is 0.234 e. The largest absolute Gasteiger partial charge is 0.387 e. The first kappa shape index (κ1) is 14.5. The molecule has 2 heterocycles. The third-order valence-corrected chi connectivity index (χ3v) is 4.89. The van der Waals surface area contributed by atoms with Crippen LogP contribution in [0.4, 0.5) is 5.69 Å². The molecule has 114 valence electrons. The molecule has 1 amide bonds. The Kier molecular flexibility index (Phi) is 3.15. The van der Waals surface area contributed by atoms with Crippen LogP contribution >= 0.6 is 0 Å². The number of aliphatic hydroxyl groups excluding tert-OH is 1. The van der Waals surface area contributed by atoms with Crippen LogP contribution in [0.25, 0.3) is 0 Å². The maximum Gasteiger partial charge on any atom is 0.234 e. The molecule has 4 heteroatoms. The molecule has 0 radical (unpaired) electrons. The first-order valence-electron chi connectivity index (χ1n) is 7.63. The minimum absolute atomic E-state index is 0.00291. The van der Waals surface area contributed by atoms with Crippen molar-refractivity contribution in [1.29, 1.82) is 0 Å². The van der Waals surface area contributed by atoms with Crippen LogP contribution < -0.4 is 10.6 Å². The number of nitrogens with one attached hydrogen (secondary N) is 2. The van der Waals surface area contributed by atoms with Crippen molar-refractivity contribution in [2.45, 2.75) is 63.6 Å². The van der Waals surface area contributed by atoms with Crippen LogP contribution in [0.3, 0.4) is 0 Å². The summed E-state index contributed by atoms with van der Waals surface area (Å²) in [6.45, 7) is 8.14. The van der Waals surface area contributed by atoms with E-state index in [0.29, 0.717) is 0 Å². The number of benzene rings is 1. The van der Waals surface area contributed by atoms with E-state index in [1.807, 2.05) is 32.0 Å². The molecule has 21 heavy (non-hydrogen) atoms. The lowest BCUT2D eigenvalue weighted by atomic mass is 9.80. The van der Waals surface area contributed by atoms with Gasteiger partial charge in [-0.1, -0.05) is 12.1 Å². The minimum atomic E-state index is -0.596. The van der Waals surface area contributed by atoms with Gasteiger partial charge in [-0.2, -0.15) is 0 Å². The predicted molar refractivity (Wildman–Crippen MR) is 83.3 cm³/mol. The molecule has 0 unspecified atom stereocenters. The zero-order valence-electron chi connectivity index (χ0n) is 13.2. The lowest BCUT2D eigenvalue weighted by molar-refractivity contribution is -0.119. The highest BCUT2D eigenvalue weighted by molar-refractivity contribution is 6.06. The molecule has 1 aromatic rings. The van der Waals surface area contributed by atoms with E-state index in [9.17, 15) is 9.90 Å². The second-order valence-corrected chi connectivity index (χ2v) is 7.47. The summed E-state index contributed by atoms with van der Waals surface area (Å²) in [6, 6.07) is 5.79. The maximum atomic E-state index is 12.1. The molecule has 0 saturated carbocycles. The number of amides is 1. The third kappa shape index (κ3) is 2.27. The van der Waals surface area contributed by atoms with Crippen molar-refractivity contribution in [3.8, 4) is 0 Å². The van der Waals surface area contributed by atoms with Gasteiger partial charge in [0.1, 0.15) is 0 Å². The highest BCUT2D eigenvalue weighted by Gasteiger charge is 2.43.